The summed E-state index contributed by atoms with van der Waals surface area (Å²) in [4.78, 5) is 0. The van der Waals surface area contributed by atoms with Crippen LogP contribution in [0.2, 0.25) is 5.02 Å². The fraction of sp³-hybridized carbons (Fsp3) is 0.455. The molecule has 0 spiro atoms. The van der Waals surface area contributed by atoms with E-state index in [1.165, 1.54) is 6.07 Å². The standard InChI is InChI=1S/C11H15ClFNO/c1-2-10(14-6-7-15)8-4-3-5-9(12)11(8)13/h3-5,10,14-15H,2,6-7H2,1H3. The van der Waals surface area contributed by atoms with E-state index in [1.54, 1.807) is 12.1 Å². The third kappa shape index (κ3) is 3.16. The quantitative estimate of drug-likeness (QED) is 0.816. The van der Waals surface area contributed by atoms with Gasteiger partial charge in [-0.15, -0.1) is 0 Å². The second kappa shape index (κ2) is 6.05. The average Bonchev–Trinajstić information content (AvgIpc) is 2.25. The van der Waals surface area contributed by atoms with Gasteiger partial charge in [0.25, 0.3) is 0 Å². The molecule has 1 rings (SSSR count). The number of rotatable bonds is 5. The smallest absolute Gasteiger partial charge is 0.146 e. The number of benzene rings is 1. The number of hydrogen-bond donors (Lipinski definition) is 2. The first kappa shape index (κ1) is 12.4. The first-order valence-corrected chi connectivity index (χ1v) is 5.36. The number of aliphatic hydroxyl groups excluding tert-OH is 1. The Morgan fingerprint density at radius 1 is 1.53 bits per heavy atom. The van der Waals surface area contributed by atoms with Crippen molar-refractivity contribution in [2.24, 2.45) is 0 Å². The van der Waals surface area contributed by atoms with Crippen molar-refractivity contribution in [1.29, 1.82) is 0 Å². The van der Waals surface area contributed by atoms with E-state index in [0.717, 1.165) is 6.42 Å². The lowest BCUT2D eigenvalue weighted by atomic mass is 10.0. The van der Waals surface area contributed by atoms with Gasteiger partial charge in [0.15, 0.2) is 0 Å². The van der Waals surface area contributed by atoms with Gasteiger partial charge in [-0.1, -0.05) is 30.7 Å². The first-order chi connectivity index (χ1) is 7.20. The number of hydrogen-bond acceptors (Lipinski definition) is 2. The number of halogens is 2. The Morgan fingerprint density at radius 3 is 2.87 bits per heavy atom. The van der Waals surface area contributed by atoms with Crippen molar-refractivity contribution in [2.45, 2.75) is 19.4 Å². The van der Waals surface area contributed by atoms with Crippen molar-refractivity contribution in [1.82, 2.24) is 5.32 Å². The van der Waals surface area contributed by atoms with E-state index in [0.29, 0.717) is 12.1 Å². The van der Waals surface area contributed by atoms with Crippen LogP contribution >= 0.6 is 11.6 Å². The van der Waals surface area contributed by atoms with Gasteiger partial charge in [-0.25, -0.2) is 4.39 Å². The van der Waals surface area contributed by atoms with E-state index in [1.807, 2.05) is 6.92 Å². The third-order valence-electron chi connectivity index (χ3n) is 2.27. The van der Waals surface area contributed by atoms with Gasteiger partial charge in [0, 0.05) is 18.2 Å². The Labute approximate surface area is 94.1 Å². The largest absolute Gasteiger partial charge is 0.395 e. The maximum absolute atomic E-state index is 13.6. The van der Waals surface area contributed by atoms with Crippen molar-refractivity contribution in [3.05, 3.63) is 34.6 Å². The van der Waals surface area contributed by atoms with Crippen LogP contribution in [0.4, 0.5) is 4.39 Å². The molecule has 0 heterocycles. The molecule has 1 aromatic carbocycles. The predicted molar refractivity (Wildman–Crippen MR) is 59.5 cm³/mol. The van der Waals surface area contributed by atoms with Crippen molar-refractivity contribution in [2.75, 3.05) is 13.2 Å². The molecule has 0 aliphatic heterocycles. The second-order valence-corrected chi connectivity index (χ2v) is 3.69. The molecule has 4 heteroatoms. The lowest BCUT2D eigenvalue weighted by molar-refractivity contribution is 0.282. The lowest BCUT2D eigenvalue weighted by Crippen LogP contribution is -2.24. The molecule has 0 fully saturated rings. The van der Waals surface area contributed by atoms with Gasteiger partial charge < -0.3 is 10.4 Å². The molecule has 1 aromatic rings. The van der Waals surface area contributed by atoms with Gasteiger partial charge in [0.2, 0.25) is 0 Å². The molecule has 0 aliphatic rings. The summed E-state index contributed by atoms with van der Waals surface area (Å²) in [5.74, 6) is -0.378. The van der Waals surface area contributed by atoms with E-state index in [-0.39, 0.29) is 23.5 Å². The zero-order valence-electron chi connectivity index (χ0n) is 8.63. The van der Waals surface area contributed by atoms with E-state index in [4.69, 9.17) is 16.7 Å². The minimum Gasteiger partial charge on any atom is -0.395 e. The molecule has 0 amide bonds. The van der Waals surface area contributed by atoms with Crippen LogP contribution in [0.1, 0.15) is 24.9 Å². The highest BCUT2D eigenvalue weighted by atomic mass is 35.5. The molecule has 0 aromatic heterocycles. The molecular formula is C11H15ClFNO. The van der Waals surface area contributed by atoms with Crippen LogP contribution in [0.3, 0.4) is 0 Å². The Balaban J connectivity index is 2.86. The number of nitrogens with one attached hydrogen (secondary N) is 1. The molecule has 0 saturated heterocycles. The number of aliphatic hydroxyl groups is 1. The van der Waals surface area contributed by atoms with E-state index in [2.05, 4.69) is 5.32 Å². The summed E-state index contributed by atoms with van der Waals surface area (Å²) in [6, 6.07) is 4.86. The molecular weight excluding hydrogens is 217 g/mol. The lowest BCUT2D eigenvalue weighted by Gasteiger charge is -2.17. The maximum atomic E-state index is 13.6. The minimum absolute atomic E-state index is 0.0404. The van der Waals surface area contributed by atoms with Crippen LogP contribution in [0.5, 0.6) is 0 Å². The highest BCUT2D eigenvalue weighted by Gasteiger charge is 2.14. The topological polar surface area (TPSA) is 32.3 Å². The average molecular weight is 232 g/mol. The van der Waals surface area contributed by atoms with E-state index >= 15 is 0 Å². The molecule has 15 heavy (non-hydrogen) atoms. The minimum atomic E-state index is -0.378. The molecule has 84 valence electrons. The summed E-state index contributed by atoms with van der Waals surface area (Å²) >= 11 is 5.70. The van der Waals surface area contributed by atoms with Crippen LogP contribution in [0.25, 0.3) is 0 Å². The Bertz CT molecular complexity index is 319. The first-order valence-electron chi connectivity index (χ1n) is 4.98. The van der Waals surface area contributed by atoms with Crippen LogP contribution < -0.4 is 5.32 Å². The van der Waals surface area contributed by atoms with Crippen molar-refractivity contribution >= 4 is 11.6 Å². The van der Waals surface area contributed by atoms with Crippen LogP contribution in [0, 0.1) is 5.82 Å². The summed E-state index contributed by atoms with van der Waals surface area (Å²) < 4.78 is 13.6. The predicted octanol–water partition coefficient (Wildman–Crippen LogP) is 2.51. The van der Waals surface area contributed by atoms with Crippen LogP contribution in [0.15, 0.2) is 18.2 Å². The van der Waals surface area contributed by atoms with Gasteiger partial charge in [0.1, 0.15) is 5.82 Å². The summed E-state index contributed by atoms with van der Waals surface area (Å²) in [7, 11) is 0. The van der Waals surface area contributed by atoms with Gasteiger partial charge >= 0.3 is 0 Å². The molecule has 2 nitrogen and oxygen atoms in total. The fourth-order valence-corrected chi connectivity index (χ4v) is 1.68. The van der Waals surface area contributed by atoms with E-state index < -0.39 is 0 Å². The Morgan fingerprint density at radius 2 is 2.27 bits per heavy atom. The molecule has 1 unspecified atom stereocenters. The van der Waals surface area contributed by atoms with Gasteiger partial charge in [0.05, 0.1) is 11.6 Å². The van der Waals surface area contributed by atoms with Crippen molar-refractivity contribution in [3.8, 4) is 0 Å². The zero-order chi connectivity index (χ0) is 11.3. The molecule has 0 bridgehead atoms. The van der Waals surface area contributed by atoms with Gasteiger partial charge in [-0.05, 0) is 12.5 Å². The molecule has 1 atom stereocenters. The van der Waals surface area contributed by atoms with Crippen molar-refractivity contribution in [3.63, 3.8) is 0 Å². The van der Waals surface area contributed by atoms with E-state index in [9.17, 15) is 4.39 Å². The molecule has 2 N–H and O–H groups in total. The normalized spacial score (nSPS) is 12.8. The highest BCUT2D eigenvalue weighted by molar-refractivity contribution is 6.30. The SMILES string of the molecule is CCC(NCCO)c1cccc(Cl)c1F. The monoisotopic (exact) mass is 231 g/mol. The second-order valence-electron chi connectivity index (χ2n) is 3.28. The summed E-state index contributed by atoms with van der Waals surface area (Å²) in [5, 5.41) is 11.9. The van der Waals surface area contributed by atoms with Gasteiger partial charge in [-0.3, -0.25) is 0 Å². The summed E-state index contributed by atoms with van der Waals surface area (Å²) in [6.45, 7) is 2.44. The van der Waals surface area contributed by atoms with Gasteiger partial charge in [-0.2, -0.15) is 0 Å². The third-order valence-corrected chi connectivity index (χ3v) is 2.56. The molecule has 0 aliphatic carbocycles. The molecule has 0 saturated carbocycles. The maximum Gasteiger partial charge on any atom is 0.146 e. The Kier molecular flexibility index (Phi) is 5.02. The molecule has 0 radical (unpaired) electrons. The highest BCUT2D eigenvalue weighted by Crippen LogP contribution is 2.24. The van der Waals surface area contributed by atoms with Crippen LogP contribution in [-0.2, 0) is 0 Å². The fourth-order valence-electron chi connectivity index (χ4n) is 1.50. The zero-order valence-corrected chi connectivity index (χ0v) is 9.39. The summed E-state index contributed by atoms with van der Waals surface area (Å²) in [5.41, 5.74) is 0.554. The summed E-state index contributed by atoms with van der Waals surface area (Å²) in [6.07, 6.45) is 0.747. The van der Waals surface area contributed by atoms with Crippen molar-refractivity contribution < 1.29 is 9.50 Å². The van der Waals surface area contributed by atoms with Crippen LogP contribution in [-0.4, -0.2) is 18.3 Å². The Hall–Kier alpha value is -0.640.